The van der Waals surface area contributed by atoms with Crippen molar-refractivity contribution in [2.24, 2.45) is 0 Å². The Morgan fingerprint density at radius 1 is 1.00 bits per heavy atom. The SMILES string of the molecule is CCCCOc1cccc(NCC(=O)Nc2ccc(C(=O)NCCOC)cc2)c1. The molecule has 0 spiro atoms. The molecule has 2 aromatic carbocycles. The highest BCUT2D eigenvalue weighted by atomic mass is 16.5. The predicted molar refractivity (Wildman–Crippen MR) is 115 cm³/mol. The number of ether oxygens (including phenoxy) is 2. The van der Waals surface area contributed by atoms with Crippen LogP contribution in [-0.2, 0) is 9.53 Å². The second kappa shape index (κ2) is 12.4. The molecule has 0 radical (unpaired) electrons. The fraction of sp³-hybridized carbons (Fsp3) is 0.364. The minimum atomic E-state index is -0.181. The molecular weight excluding hydrogens is 370 g/mol. The molecule has 0 fully saturated rings. The van der Waals surface area contributed by atoms with Crippen molar-refractivity contribution in [2.75, 3.05) is 44.0 Å². The minimum Gasteiger partial charge on any atom is -0.494 e. The molecule has 156 valence electrons. The van der Waals surface area contributed by atoms with Crippen LogP contribution < -0.4 is 20.7 Å². The first kappa shape index (κ1) is 22.2. The molecule has 7 heteroatoms. The molecule has 0 aromatic heterocycles. The highest BCUT2D eigenvalue weighted by molar-refractivity contribution is 5.96. The maximum atomic E-state index is 12.2. The van der Waals surface area contributed by atoms with Crippen LogP contribution in [-0.4, -0.2) is 45.2 Å². The van der Waals surface area contributed by atoms with E-state index in [4.69, 9.17) is 9.47 Å². The average molecular weight is 399 g/mol. The second-order valence-corrected chi connectivity index (χ2v) is 6.46. The van der Waals surface area contributed by atoms with Crippen LogP contribution in [0, 0.1) is 0 Å². The van der Waals surface area contributed by atoms with E-state index in [1.54, 1.807) is 31.4 Å². The molecule has 3 N–H and O–H groups in total. The average Bonchev–Trinajstić information content (AvgIpc) is 2.73. The normalized spacial score (nSPS) is 10.3. The number of anilines is 2. The highest BCUT2D eigenvalue weighted by Crippen LogP contribution is 2.17. The van der Waals surface area contributed by atoms with Crippen molar-refractivity contribution < 1.29 is 19.1 Å². The molecule has 0 aliphatic carbocycles. The Hall–Kier alpha value is -3.06. The van der Waals surface area contributed by atoms with Crippen molar-refractivity contribution in [2.45, 2.75) is 19.8 Å². The Bertz CT molecular complexity index is 778. The van der Waals surface area contributed by atoms with Gasteiger partial charge in [-0.25, -0.2) is 0 Å². The Morgan fingerprint density at radius 2 is 1.79 bits per heavy atom. The van der Waals surface area contributed by atoms with Crippen molar-refractivity contribution in [3.05, 3.63) is 54.1 Å². The summed E-state index contributed by atoms with van der Waals surface area (Å²) in [7, 11) is 1.58. The number of unbranched alkanes of at least 4 members (excludes halogenated alkanes) is 1. The second-order valence-electron chi connectivity index (χ2n) is 6.46. The predicted octanol–water partition coefficient (Wildman–Crippen LogP) is 3.29. The van der Waals surface area contributed by atoms with Gasteiger partial charge in [0.1, 0.15) is 5.75 Å². The van der Waals surface area contributed by atoms with E-state index in [9.17, 15) is 9.59 Å². The standard InChI is InChI=1S/C22H29N3O4/c1-3-4-13-29-20-7-5-6-19(15-20)24-16-21(26)25-18-10-8-17(9-11-18)22(27)23-12-14-28-2/h5-11,15,24H,3-4,12-14,16H2,1-2H3,(H,23,27)(H,25,26). The summed E-state index contributed by atoms with van der Waals surface area (Å²) in [5, 5.41) is 8.64. The maximum Gasteiger partial charge on any atom is 0.251 e. The van der Waals surface area contributed by atoms with E-state index >= 15 is 0 Å². The molecule has 0 unspecified atom stereocenters. The molecule has 2 amide bonds. The van der Waals surface area contributed by atoms with Gasteiger partial charge >= 0.3 is 0 Å². The Morgan fingerprint density at radius 3 is 2.52 bits per heavy atom. The first-order chi connectivity index (χ1) is 14.1. The van der Waals surface area contributed by atoms with Crippen LogP contribution in [0.15, 0.2) is 48.5 Å². The van der Waals surface area contributed by atoms with Gasteiger partial charge in [0.15, 0.2) is 0 Å². The fourth-order valence-electron chi connectivity index (χ4n) is 2.49. The number of carbonyl (C=O) groups excluding carboxylic acids is 2. The molecule has 0 atom stereocenters. The lowest BCUT2D eigenvalue weighted by Gasteiger charge is -2.10. The van der Waals surface area contributed by atoms with Crippen molar-refractivity contribution >= 4 is 23.2 Å². The number of benzene rings is 2. The molecule has 2 aromatic rings. The topological polar surface area (TPSA) is 88.7 Å². The van der Waals surface area contributed by atoms with Crippen LogP contribution in [0.25, 0.3) is 0 Å². The molecule has 0 bridgehead atoms. The third-order valence-electron chi connectivity index (χ3n) is 4.08. The van der Waals surface area contributed by atoms with Gasteiger partial charge in [-0.1, -0.05) is 19.4 Å². The first-order valence-corrected chi connectivity index (χ1v) is 9.76. The van der Waals surface area contributed by atoms with E-state index in [1.807, 2.05) is 24.3 Å². The number of amides is 2. The first-order valence-electron chi connectivity index (χ1n) is 9.76. The van der Waals surface area contributed by atoms with Crippen LogP contribution in [0.3, 0.4) is 0 Å². The Kier molecular flexibility index (Phi) is 9.51. The zero-order chi connectivity index (χ0) is 20.9. The van der Waals surface area contributed by atoms with E-state index in [0.29, 0.717) is 31.0 Å². The monoisotopic (exact) mass is 399 g/mol. The molecule has 0 saturated carbocycles. The van der Waals surface area contributed by atoms with Crippen LogP contribution in [0.4, 0.5) is 11.4 Å². The number of carbonyl (C=O) groups is 2. The zero-order valence-electron chi connectivity index (χ0n) is 17.0. The summed E-state index contributed by atoms with van der Waals surface area (Å²) in [5.41, 5.74) is 1.97. The van der Waals surface area contributed by atoms with Crippen LogP contribution in [0.5, 0.6) is 5.75 Å². The van der Waals surface area contributed by atoms with E-state index < -0.39 is 0 Å². The summed E-state index contributed by atoms with van der Waals surface area (Å²) >= 11 is 0. The summed E-state index contributed by atoms with van der Waals surface area (Å²) in [6, 6.07) is 14.3. The molecule has 7 nitrogen and oxygen atoms in total. The quantitative estimate of drug-likeness (QED) is 0.477. The molecule has 0 heterocycles. The molecule has 29 heavy (non-hydrogen) atoms. The van der Waals surface area contributed by atoms with E-state index in [2.05, 4.69) is 22.9 Å². The van der Waals surface area contributed by atoms with Gasteiger partial charge in [0.05, 0.1) is 19.8 Å². The lowest BCUT2D eigenvalue weighted by Crippen LogP contribution is -2.27. The zero-order valence-corrected chi connectivity index (χ0v) is 17.0. The molecular formula is C22H29N3O4. The Labute approximate surface area is 171 Å². The number of rotatable bonds is 12. The highest BCUT2D eigenvalue weighted by Gasteiger charge is 2.07. The number of hydrogen-bond donors (Lipinski definition) is 3. The largest absolute Gasteiger partial charge is 0.494 e. The summed E-state index contributed by atoms with van der Waals surface area (Å²) in [6.45, 7) is 3.83. The summed E-state index contributed by atoms with van der Waals surface area (Å²) in [4.78, 5) is 24.1. The number of methoxy groups -OCH3 is 1. The van der Waals surface area contributed by atoms with Crippen LogP contribution in [0.2, 0.25) is 0 Å². The van der Waals surface area contributed by atoms with Gasteiger partial charge in [-0.3, -0.25) is 9.59 Å². The molecule has 0 aliphatic heterocycles. The van der Waals surface area contributed by atoms with Gasteiger partial charge in [0.2, 0.25) is 5.91 Å². The van der Waals surface area contributed by atoms with Crippen molar-refractivity contribution in [1.29, 1.82) is 0 Å². The Balaban J connectivity index is 1.79. The molecule has 0 saturated heterocycles. The van der Waals surface area contributed by atoms with Gasteiger partial charge in [-0.15, -0.1) is 0 Å². The van der Waals surface area contributed by atoms with Gasteiger partial charge in [0.25, 0.3) is 5.91 Å². The van der Waals surface area contributed by atoms with Gasteiger partial charge in [0, 0.05) is 36.7 Å². The summed E-state index contributed by atoms with van der Waals surface area (Å²) < 4.78 is 10.6. The van der Waals surface area contributed by atoms with Crippen molar-refractivity contribution in [3.8, 4) is 5.75 Å². The summed E-state index contributed by atoms with van der Waals surface area (Å²) in [6.07, 6.45) is 2.09. The van der Waals surface area contributed by atoms with Gasteiger partial charge in [-0.05, 0) is 42.8 Å². The van der Waals surface area contributed by atoms with E-state index in [0.717, 1.165) is 24.3 Å². The van der Waals surface area contributed by atoms with Crippen LogP contribution in [0.1, 0.15) is 30.1 Å². The van der Waals surface area contributed by atoms with Gasteiger partial charge in [-0.2, -0.15) is 0 Å². The minimum absolute atomic E-state index is 0.123. The molecule has 2 rings (SSSR count). The lowest BCUT2D eigenvalue weighted by molar-refractivity contribution is -0.114. The third-order valence-corrected chi connectivity index (χ3v) is 4.08. The van der Waals surface area contributed by atoms with Crippen molar-refractivity contribution in [3.63, 3.8) is 0 Å². The molecule has 0 aliphatic rings. The third kappa shape index (κ3) is 8.23. The maximum absolute atomic E-state index is 12.2. The van der Waals surface area contributed by atoms with E-state index in [-0.39, 0.29) is 18.4 Å². The van der Waals surface area contributed by atoms with E-state index in [1.165, 1.54) is 0 Å². The van der Waals surface area contributed by atoms with Crippen molar-refractivity contribution in [1.82, 2.24) is 5.32 Å². The fourth-order valence-corrected chi connectivity index (χ4v) is 2.49. The van der Waals surface area contributed by atoms with Gasteiger partial charge < -0.3 is 25.4 Å². The lowest BCUT2D eigenvalue weighted by atomic mass is 10.2. The smallest absolute Gasteiger partial charge is 0.251 e. The summed E-state index contributed by atoms with van der Waals surface area (Å²) in [5.74, 6) is 0.422. The number of hydrogen-bond acceptors (Lipinski definition) is 5. The van der Waals surface area contributed by atoms with Crippen LogP contribution >= 0.6 is 0 Å². The number of nitrogens with one attached hydrogen (secondary N) is 3.